The van der Waals surface area contributed by atoms with Crippen molar-refractivity contribution < 1.29 is 0 Å². The first-order valence-electron chi connectivity index (χ1n) is 6.20. The van der Waals surface area contributed by atoms with Gasteiger partial charge in [-0.1, -0.05) is 56.8 Å². The van der Waals surface area contributed by atoms with Crippen LogP contribution in [0.2, 0.25) is 5.02 Å². The summed E-state index contributed by atoms with van der Waals surface area (Å²) in [6, 6.07) is 8.07. The number of nitrogens with two attached hydrogens (primary N) is 1. The van der Waals surface area contributed by atoms with Crippen molar-refractivity contribution in [1.29, 1.82) is 0 Å². The molecule has 0 amide bonds. The Bertz CT molecular complexity index is 294. The van der Waals surface area contributed by atoms with Gasteiger partial charge in [-0.05, 0) is 30.0 Å². The van der Waals surface area contributed by atoms with E-state index in [1.54, 1.807) is 0 Å². The van der Waals surface area contributed by atoms with Crippen molar-refractivity contribution in [1.82, 2.24) is 0 Å². The monoisotopic (exact) mass is 239 g/mol. The van der Waals surface area contributed by atoms with Crippen molar-refractivity contribution >= 4 is 11.6 Å². The molecule has 0 saturated carbocycles. The highest BCUT2D eigenvalue weighted by atomic mass is 35.5. The zero-order chi connectivity index (χ0) is 12.0. The van der Waals surface area contributed by atoms with Crippen LogP contribution in [0.1, 0.15) is 51.1 Å². The maximum Gasteiger partial charge on any atom is 0.0406 e. The minimum atomic E-state index is 0.147. The quantitative estimate of drug-likeness (QED) is 0.774. The molecule has 0 aliphatic carbocycles. The van der Waals surface area contributed by atoms with Gasteiger partial charge in [0.25, 0.3) is 0 Å². The molecule has 1 rings (SSSR count). The van der Waals surface area contributed by atoms with Gasteiger partial charge in [-0.25, -0.2) is 0 Å². The lowest BCUT2D eigenvalue weighted by Crippen LogP contribution is -2.20. The Kier molecular flexibility index (Phi) is 5.86. The van der Waals surface area contributed by atoms with Gasteiger partial charge in [0.05, 0.1) is 0 Å². The maximum absolute atomic E-state index is 6.30. The average Bonchev–Trinajstić information content (AvgIpc) is 2.30. The summed E-state index contributed by atoms with van der Waals surface area (Å²) in [5, 5.41) is 0.776. The molecule has 1 aromatic rings. The maximum atomic E-state index is 6.30. The highest BCUT2D eigenvalue weighted by Gasteiger charge is 2.16. The van der Waals surface area contributed by atoms with E-state index in [0.717, 1.165) is 11.4 Å². The van der Waals surface area contributed by atoms with Gasteiger partial charge >= 0.3 is 0 Å². The molecule has 0 bridgehead atoms. The second-order valence-corrected chi connectivity index (χ2v) is 4.82. The summed E-state index contributed by atoms with van der Waals surface area (Å²) in [6.07, 6.45) is 4.87. The second-order valence-electron chi connectivity index (χ2n) is 4.39. The molecule has 90 valence electrons. The lowest BCUT2D eigenvalue weighted by molar-refractivity contribution is 0.378. The van der Waals surface area contributed by atoms with Crippen LogP contribution in [-0.2, 0) is 0 Å². The van der Waals surface area contributed by atoms with Gasteiger partial charge in [-0.2, -0.15) is 0 Å². The molecule has 0 spiro atoms. The van der Waals surface area contributed by atoms with Crippen LogP contribution in [0.4, 0.5) is 0 Å². The summed E-state index contributed by atoms with van der Waals surface area (Å²) >= 11 is 5.87. The Morgan fingerprint density at radius 3 is 2.31 bits per heavy atom. The van der Waals surface area contributed by atoms with E-state index >= 15 is 0 Å². The van der Waals surface area contributed by atoms with Crippen LogP contribution >= 0.6 is 11.6 Å². The first-order chi connectivity index (χ1) is 7.69. The molecule has 1 nitrogen and oxygen atoms in total. The van der Waals surface area contributed by atoms with Gasteiger partial charge in [0.15, 0.2) is 0 Å². The second kappa shape index (κ2) is 6.93. The minimum Gasteiger partial charge on any atom is -0.324 e. The first-order valence-corrected chi connectivity index (χ1v) is 6.57. The van der Waals surface area contributed by atoms with E-state index < -0.39 is 0 Å². The van der Waals surface area contributed by atoms with E-state index in [-0.39, 0.29) is 6.04 Å². The molecule has 2 atom stereocenters. The smallest absolute Gasteiger partial charge is 0.0406 e. The van der Waals surface area contributed by atoms with Crippen LogP contribution in [-0.4, -0.2) is 0 Å². The SMILES string of the molecule is CCCCC(CC)C(N)c1ccc(Cl)cc1. The standard InChI is InChI=1S/C14H22ClN/c1-3-5-6-11(4-2)14(16)12-7-9-13(15)10-8-12/h7-11,14H,3-6,16H2,1-2H3. The van der Waals surface area contributed by atoms with Crippen LogP contribution in [0, 0.1) is 5.92 Å². The van der Waals surface area contributed by atoms with E-state index in [1.807, 2.05) is 24.3 Å². The average molecular weight is 240 g/mol. The highest BCUT2D eigenvalue weighted by Crippen LogP contribution is 2.27. The Labute approximate surface area is 104 Å². The zero-order valence-corrected chi connectivity index (χ0v) is 11.0. The van der Waals surface area contributed by atoms with Crippen molar-refractivity contribution in [3.05, 3.63) is 34.9 Å². The zero-order valence-electron chi connectivity index (χ0n) is 10.2. The summed E-state index contributed by atoms with van der Waals surface area (Å²) in [4.78, 5) is 0. The summed E-state index contributed by atoms with van der Waals surface area (Å²) in [5.41, 5.74) is 7.50. The molecule has 0 aliphatic heterocycles. The Balaban J connectivity index is 2.66. The molecular formula is C14H22ClN. The number of unbranched alkanes of at least 4 members (excludes halogenated alkanes) is 1. The molecule has 2 heteroatoms. The fourth-order valence-corrected chi connectivity index (χ4v) is 2.19. The third kappa shape index (κ3) is 3.80. The van der Waals surface area contributed by atoms with Crippen molar-refractivity contribution in [2.45, 2.75) is 45.6 Å². The van der Waals surface area contributed by atoms with Crippen molar-refractivity contribution in [3.63, 3.8) is 0 Å². The Morgan fingerprint density at radius 1 is 1.19 bits per heavy atom. The predicted octanol–water partition coefficient (Wildman–Crippen LogP) is 4.56. The van der Waals surface area contributed by atoms with Gasteiger partial charge < -0.3 is 5.73 Å². The van der Waals surface area contributed by atoms with Gasteiger partial charge in [0, 0.05) is 11.1 Å². The number of hydrogen-bond acceptors (Lipinski definition) is 1. The fourth-order valence-electron chi connectivity index (χ4n) is 2.06. The van der Waals surface area contributed by atoms with E-state index in [4.69, 9.17) is 17.3 Å². The number of halogens is 1. The van der Waals surface area contributed by atoms with E-state index in [9.17, 15) is 0 Å². The number of rotatable bonds is 6. The molecule has 0 heterocycles. The molecule has 16 heavy (non-hydrogen) atoms. The van der Waals surface area contributed by atoms with Crippen molar-refractivity contribution in [2.24, 2.45) is 11.7 Å². The summed E-state index contributed by atoms with van der Waals surface area (Å²) in [5.74, 6) is 0.584. The van der Waals surface area contributed by atoms with Gasteiger partial charge in [-0.15, -0.1) is 0 Å². The molecule has 2 unspecified atom stereocenters. The summed E-state index contributed by atoms with van der Waals surface area (Å²) in [7, 11) is 0. The van der Waals surface area contributed by atoms with E-state index in [2.05, 4.69) is 13.8 Å². The van der Waals surface area contributed by atoms with Crippen LogP contribution in [0.3, 0.4) is 0 Å². The largest absolute Gasteiger partial charge is 0.324 e. The van der Waals surface area contributed by atoms with Crippen LogP contribution < -0.4 is 5.73 Å². The van der Waals surface area contributed by atoms with Crippen LogP contribution in [0.25, 0.3) is 0 Å². The molecule has 1 aromatic carbocycles. The van der Waals surface area contributed by atoms with Crippen LogP contribution in [0.5, 0.6) is 0 Å². The van der Waals surface area contributed by atoms with Crippen LogP contribution in [0.15, 0.2) is 24.3 Å². The Morgan fingerprint density at radius 2 is 1.81 bits per heavy atom. The van der Waals surface area contributed by atoms with Gasteiger partial charge in [0.1, 0.15) is 0 Å². The van der Waals surface area contributed by atoms with Crippen molar-refractivity contribution in [2.75, 3.05) is 0 Å². The number of benzene rings is 1. The van der Waals surface area contributed by atoms with E-state index in [0.29, 0.717) is 5.92 Å². The third-order valence-electron chi connectivity index (χ3n) is 3.22. The predicted molar refractivity (Wildman–Crippen MR) is 71.7 cm³/mol. The van der Waals surface area contributed by atoms with Gasteiger partial charge in [0.2, 0.25) is 0 Å². The minimum absolute atomic E-state index is 0.147. The molecule has 2 N–H and O–H groups in total. The van der Waals surface area contributed by atoms with Gasteiger partial charge in [-0.3, -0.25) is 0 Å². The first kappa shape index (κ1) is 13.5. The fraction of sp³-hybridized carbons (Fsp3) is 0.571. The highest BCUT2D eigenvalue weighted by molar-refractivity contribution is 6.30. The van der Waals surface area contributed by atoms with E-state index in [1.165, 1.54) is 24.8 Å². The lowest BCUT2D eigenvalue weighted by atomic mass is 9.87. The molecule has 0 radical (unpaired) electrons. The van der Waals surface area contributed by atoms with Crippen molar-refractivity contribution in [3.8, 4) is 0 Å². The molecule has 0 saturated heterocycles. The third-order valence-corrected chi connectivity index (χ3v) is 3.47. The molecule has 0 aliphatic rings. The molecule has 0 fully saturated rings. The lowest BCUT2D eigenvalue weighted by Gasteiger charge is -2.23. The number of hydrogen-bond donors (Lipinski definition) is 1. The Hall–Kier alpha value is -0.530. The topological polar surface area (TPSA) is 26.0 Å². The molecular weight excluding hydrogens is 218 g/mol. The summed E-state index contributed by atoms with van der Waals surface area (Å²) < 4.78 is 0. The molecule has 0 aromatic heterocycles. The normalized spacial score (nSPS) is 14.8. The summed E-state index contributed by atoms with van der Waals surface area (Å²) in [6.45, 7) is 4.44.